The fraction of sp³-hybridized carbons (Fsp3) is 0. The lowest BCUT2D eigenvalue weighted by Gasteiger charge is -2.26. The molecule has 0 amide bonds. The van der Waals surface area contributed by atoms with Gasteiger partial charge in [-0.25, -0.2) is 0 Å². The molecule has 0 unspecified atom stereocenters. The third kappa shape index (κ3) is 4.16. The summed E-state index contributed by atoms with van der Waals surface area (Å²) in [6.07, 6.45) is 0. The molecule has 8 aromatic carbocycles. The van der Waals surface area contributed by atoms with Gasteiger partial charge in [-0.2, -0.15) is 0 Å². The summed E-state index contributed by atoms with van der Waals surface area (Å²) in [5.74, 6) is 0. The number of rotatable bonds is 2. The van der Waals surface area contributed by atoms with Crippen LogP contribution < -0.4 is 0 Å². The number of benzene rings is 8. The SMILES string of the molecule is c1ccc2c(c1)-c1ccccc1-c1cc(-c3ccc4sc5ccccc5c4c3)cc(-c3ccc4sc5ccccc5c4c3)c1-c1ccccc1-2. The van der Waals surface area contributed by atoms with Gasteiger partial charge in [0, 0.05) is 40.3 Å². The van der Waals surface area contributed by atoms with E-state index in [1.165, 1.54) is 107 Å². The van der Waals surface area contributed by atoms with Gasteiger partial charge in [0.2, 0.25) is 0 Å². The van der Waals surface area contributed by atoms with E-state index in [0.717, 1.165) is 0 Å². The molecule has 2 aromatic heterocycles. The van der Waals surface area contributed by atoms with Crippen LogP contribution in [0.4, 0.5) is 0 Å². The lowest BCUT2D eigenvalue weighted by molar-refractivity contribution is 1.51. The minimum atomic E-state index is 1.23. The van der Waals surface area contributed by atoms with Crippen molar-refractivity contribution >= 4 is 63.0 Å². The van der Waals surface area contributed by atoms with Crippen LogP contribution in [0, 0.1) is 0 Å². The fourth-order valence-corrected chi connectivity index (χ4v) is 10.4. The Bertz CT molecular complexity index is 2990. The Morgan fingerprint density at radius 3 is 1.22 bits per heavy atom. The molecular weight excluding hydrogens is 641 g/mol. The molecule has 0 radical (unpaired) electrons. The molecule has 0 saturated carbocycles. The predicted octanol–water partition coefficient (Wildman–Crippen LogP) is 14.7. The summed E-state index contributed by atoms with van der Waals surface area (Å²) in [4.78, 5) is 0. The first-order valence-electron chi connectivity index (χ1n) is 17.1. The van der Waals surface area contributed by atoms with Crippen molar-refractivity contribution < 1.29 is 0 Å². The van der Waals surface area contributed by atoms with Crippen molar-refractivity contribution in [2.75, 3.05) is 0 Å². The molecule has 0 saturated heterocycles. The third-order valence-corrected chi connectivity index (χ3v) is 12.8. The number of hydrogen-bond donors (Lipinski definition) is 0. The summed E-state index contributed by atoms with van der Waals surface area (Å²) in [5, 5.41) is 5.29. The molecule has 11 rings (SSSR count). The Hall–Kier alpha value is -5.80. The second-order valence-electron chi connectivity index (χ2n) is 13.2. The van der Waals surface area contributed by atoms with Gasteiger partial charge in [0.05, 0.1) is 0 Å². The zero-order valence-corrected chi connectivity index (χ0v) is 28.6. The van der Waals surface area contributed by atoms with E-state index in [1.54, 1.807) is 0 Å². The molecule has 0 fully saturated rings. The first kappa shape index (κ1) is 28.1. The van der Waals surface area contributed by atoms with E-state index in [4.69, 9.17) is 0 Å². The van der Waals surface area contributed by atoms with Gasteiger partial charge in [0.15, 0.2) is 0 Å². The highest BCUT2D eigenvalue weighted by Crippen LogP contribution is 2.52. The van der Waals surface area contributed by atoms with Crippen molar-refractivity contribution in [3.8, 4) is 66.8 Å². The maximum atomic E-state index is 2.46. The van der Waals surface area contributed by atoms with Crippen LogP contribution in [0.15, 0.2) is 170 Å². The Morgan fingerprint density at radius 2 is 0.640 bits per heavy atom. The highest BCUT2D eigenvalue weighted by atomic mass is 32.1. The van der Waals surface area contributed by atoms with Gasteiger partial charge < -0.3 is 0 Å². The molecule has 0 nitrogen and oxygen atoms in total. The molecule has 0 aliphatic heterocycles. The number of hydrogen-bond acceptors (Lipinski definition) is 2. The van der Waals surface area contributed by atoms with Crippen LogP contribution in [0.3, 0.4) is 0 Å². The normalized spacial score (nSPS) is 12.0. The van der Waals surface area contributed by atoms with Gasteiger partial charge in [-0.05, 0) is 115 Å². The van der Waals surface area contributed by atoms with E-state index >= 15 is 0 Å². The zero-order valence-electron chi connectivity index (χ0n) is 27.0. The van der Waals surface area contributed by atoms with Crippen LogP contribution in [-0.4, -0.2) is 0 Å². The Balaban J connectivity index is 1.28. The van der Waals surface area contributed by atoms with Crippen LogP contribution in [0.25, 0.3) is 107 Å². The van der Waals surface area contributed by atoms with E-state index in [0.29, 0.717) is 0 Å². The summed E-state index contributed by atoms with van der Waals surface area (Å²) in [5.41, 5.74) is 15.1. The second-order valence-corrected chi connectivity index (χ2v) is 15.4. The molecule has 1 aliphatic rings. The van der Waals surface area contributed by atoms with E-state index < -0.39 is 0 Å². The Kier molecular flexibility index (Phi) is 6.09. The molecule has 0 N–H and O–H groups in total. The molecule has 2 heteroatoms. The van der Waals surface area contributed by atoms with Crippen LogP contribution in [0.1, 0.15) is 0 Å². The van der Waals surface area contributed by atoms with E-state index in [-0.39, 0.29) is 0 Å². The van der Waals surface area contributed by atoms with Gasteiger partial charge in [-0.1, -0.05) is 121 Å². The largest absolute Gasteiger partial charge is 0.135 e. The minimum absolute atomic E-state index is 1.23. The maximum Gasteiger partial charge on any atom is 0.0355 e. The van der Waals surface area contributed by atoms with Crippen LogP contribution in [0.2, 0.25) is 0 Å². The van der Waals surface area contributed by atoms with E-state index in [2.05, 4.69) is 170 Å². The first-order chi connectivity index (χ1) is 24.8. The summed E-state index contributed by atoms with van der Waals surface area (Å²) in [7, 11) is 0. The predicted molar refractivity (Wildman–Crippen MR) is 218 cm³/mol. The molecular formula is C48H28S2. The van der Waals surface area contributed by atoms with E-state index in [9.17, 15) is 0 Å². The average molecular weight is 669 g/mol. The van der Waals surface area contributed by atoms with Crippen molar-refractivity contribution in [1.82, 2.24) is 0 Å². The fourth-order valence-electron chi connectivity index (χ4n) is 8.18. The van der Waals surface area contributed by atoms with Crippen LogP contribution >= 0.6 is 22.7 Å². The molecule has 232 valence electrons. The van der Waals surface area contributed by atoms with Crippen LogP contribution in [0.5, 0.6) is 0 Å². The Labute approximate surface area is 298 Å². The molecule has 0 bridgehead atoms. The highest BCUT2D eigenvalue weighted by molar-refractivity contribution is 7.26. The van der Waals surface area contributed by atoms with Crippen molar-refractivity contribution in [1.29, 1.82) is 0 Å². The minimum Gasteiger partial charge on any atom is -0.135 e. The molecule has 50 heavy (non-hydrogen) atoms. The zero-order chi connectivity index (χ0) is 32.8. The first-order valence-corrected chi connectivity index (χ1v) is 18.7. The van der Waals surface area contributed by atoms with Gasteiger partial charge in [0.1, 0.15) is 0 Å². The van der Waals surface area contributed by atoms with Crippen molar-refractivity contribution in [2.24, 2.45) is 0 Å². The van der Waals surface area contributed by atoms with Gasteiger partial charge in [0.25, 0.3) is 0 Å². The smallest absolute Gasteiger partial charge is 0.0355 e. The number of fused-ring (bicyclic) bond motifs is 14. The maximum absolute atomic E-state index is 2.46. The van der Waals surface area contributed by atoms with Gasteiger partial charge in [-0.15, -0.1) is 22.7 Å². The topological polar surface area (TPSA) is 0 Å². The molecule has 0 spiro atoms. The monoisotopic (exact) mass is 668 g/mol. The van der Waals surface area contributed by atoms with Crippen molar-refractivity contribution in [3.63, 3.8) is 0 Å². The summed E-state index contributed by atoms with van der Waals surface area (Å²) in [6, 6.07) is 63.6. The van der Waals surface area contributed by atoms with Crippen molar-refractivity contribution in [2.45, 2.75) is 0 Å². The summed E-state index contributed by atoms with van der Waals surface area (Å²) in [6.45, 7) is 0. The summed E-state index contributed by atoms with van der Waals surface area (Å²) >= 11 is 3.75. The van der Waals surface area contributed by atoms with Crippen LogP contribution in [-0.2, 0) is 0 Å². The van der Waals surface area contributed by atoms with Gasteiger partial charge >= 0.3 is 0 Å². The lowest BCUT2D eigenvalue weighted by Crippen LogP contribution is -1.99. The second kappa shape index (κ2) is 10.9. The molecule has 0 atom stereocenters. The standard InChI is InChI=1S/C48H28S2/c1-2-12-33-32(11-1)34-13-3-4-15-36(34)43-28-31(29-21-23-46-41(25-29)37-16-7-9-19-44(37)49-46)27-40(48(43)39-18-6-5-14-35(33)39)30-22-24-47-42(26-30)38-17-8-10-20-45(38)50-47/h1-28H. The highest BCUT2D eigenvalue weighted by Gasteiger charge is 2.25. The van der Waals surface area contributed by atoms with E-state index in [1.807, 2.05) is 22.7 Å². The molecule has 1 aliphatic carbocycles. The lowest BCUT2D eigenvalue weighted by atomic mass is 9.77. The molecule has 2 heterocycles. The van der Waals surface area contributed by atoms with Gasteiger partial charge in [-0.3, -0.25) is 0 Å². The number of thiophene rings is 2. The average Bonchev–Trinajstić information content (AvgIpc) is 3.74. The quantitative estimate of drug-likeness (QED) is 0.172. The molecule has 10 aromatic rings. The van der Waals surface area contributed by atoms with Crippen molar-refractivity contribution in [3.05, 3.63) is 170 Å². The Morgan fingerprint density at radius 1 is 0.240 bits per heavy atom. The third-order valence-electron chi connectivity index (χ3n) is 10.5. The summed E-state index contributed by atoms with van der Waals surface area (Å²) < 4.78 is 5.31.